The summed E-state index contributed by atoms with van der Waals surface area (Å²) >= 11 is 3.36. The number of unbranched alkanes of at least 4 members (excludes halogenated alkanes) is 8. The van der Waals surface area contributed by atoms with Crippen LogP contribution in [0, 0.1) is 0 Å². The van der Waals surface area contributed by atoms with Crippen LogP contribution in [0.4, 0.5) is 0 Å². The number of esters is 1. The van der Waals surface area contributed by atoms with Gasteiger partial charge in [0.05, 0.1) is 12.2 Å². The first-order chi connectivity index (χ1) is 12.6. The molecule has 1 amide bonds. The molecule has 0 aliphatic rings. The van der Waals surface area contributed by atoms with Crippen molar-refractivity contribution in [3.63, 3.8) is 0 Å². The summed E-state index contributed by atoms with van der Waals surface area (Å²) in [4.78, 5) is 25.6. The maximum Gasteiger partial charge on any atom is 0.325 e. The van der Waals surface area contributed by atoms with Crippen molar-refractivity contribution in [2.24, 2.45) is 0 Å². The third kappa shape index (κ3) is 9.37. The zero-order chi connectivity index (χ0) is 19.2. The van der Waals surface area contributed by atoms with Gasteiger partial charge in [-0.1, -0.05) is 70.4 Å². The van der Waals surface area contributed by atoms with Crippen molar-refractivity contribution in [3.05, 3.63) is 34.3 Å². The summed E-state index contributed by atoms with van der Waals surface area (Å²) in [6, 6.07) is 7.19. The van der Waals surface area contributed by atoms with Crippen LogP contribution in [0.25, 0.3) is 0 Å². The van der Waals surface area contributed by atoms with E-state index in [4.69, 9.17) is 4.74 Å². The molecule has 0 bridgehead atoms. The molecule has 4 nitrogen and oxygen atoms in total. The van der Waals surface area contributed by atoms with E-state index in [0.29, 0.717) is 12.2 Å². The molecule has 0 aliphatic heterocycles. The van der Waals surface area contributed by atoms with Crippen LogP contribution in [0.3, 0.4) is 0 Å². The lowest BCUT2D eigenvalue weighted by molar-refractivity contribution is -0.144. The molecule has 0 unspecified atom stereocenters. The van der Waals surface area contributed by atoms with E-state index in [0.717, 1.165) is 17.3 Å². The van der Waals surface area contributed by atoms with Gasteiger partial charge in [0, 0.05) is 11.5 Å². The predicted molar refractivity (Wildman–Crippen MR) is 109 cm³/mol. The van der Waals surface area contributed by atoms with Gasteiger partial charge in [0.2, 0.25) is 0 Å². The van der Waals surface area contributed by atoms with Crippen molar-refractivity contribution < 1.29 is 14.3 Å². The molecule has 1 rings (SSSR count). The lowest BCUT2D eigenvalue weighted by Gasteiger charge is -2.17. The Morgan fingerprint density at radius 2 is 1.54 bits per heavy atom. The second kappa shape index (κ2) is 13.8. The van der Waals surface area contributed by atoms with Crippen LogP contribution in [0.1, 0.15) is 75.1 Å². The van der Waals surface area contributed by atoms with Gasteiger partial charge in [-0.25, -0.2) is 0 Å². The van der Waals surface area contributed by atoms with Crippen LogP contribution in [-0.4, -0.2) is 37.0 Å². The molecule has 0 heterocycles. The molecule has 0 fully saturated rings. The second-order valence-electron chi connectivity index (χ2n) is 6.69. The Hall–Kier alpha value is -1.36. The Labute approximate surface area is 166 Å². The maximum absolute atomic E-state index is 12.3. The number of likely N-dealkylation sites (N-methyl/N-ethyl adjacent to an activating group) is 1. The van der Waals surface area contributed by atoms with Crippen molar-refractivity contribution in [1.82, 2.24) is 4.90 Å². The molecule has 5 heteroatoms. The Morgan fingerprint density at radius 3 is 2.15 bits per heavy atom. The van der Waals surface area contributed by atoms with Gasteiger partial charge in [0.15, 0.2) is 0 Å². The van der Waals surface area contributed by atoms with E-state index in [1.54, 1.807) is 19.2 Å². The summed E-state index contributed by atoms with van der Waals surface area (Å²) in [5, 5.41) is 0. The number of hydrogen-bond donors (Lipinski definition) is 0. The fourth-order valence-electron chi connectivity index (χ4n) is 2.75. The SMILES string of the molecule is CCCCCCCCCCCOC(=O)CN(C)C(=O)c1ccccc1Br. The number of nitrogens with zero attached hydrogens (tertiary/aromatic N) is 1. The quantitative estimate of drug-likeness (QED) is 0.305. The van der Waals surface area contributed by atoms with E-state index >= 15 is 0 Å². The first-order valence-electron chi connectivity index (χ1n) is 9.72. The van der Waals surface area contributed by atoms with Crippen molar-refractivity contribution in [2.45, 2.75) is 64.7 Å². The largest absolute Gasteiger partial charge is 0.464 e. The predicted octanol–water partition coefficient (Wildman–Crippen LogP) is 5.60. The van der Waals surface area contributed by atoms with E-state index < -0.39 is 0 Å². The van der Waals surface area contributed by atoms with Crippen LogP contribution in [0.5, 0.6) is 0 Å². The molecule has 0 saturated carbocycles. The molecule has 0 N–H and O–H groups in total. The monoisotopic (exact) mass is 425 g/mol. The standard InChI is InChI=1S/C21H32BrNO3/c1-3-4-5-6-7-8-9-10-13-16-26-20(24)17-23(2)21(25)18-14-11-12-15-19(18)22/h11-12,14-15H,3-10,13,16-17H2,1-2H3. The zero-order valence-corrected chi connectivity index (χ0v) is 17.7. The summed E-state index contributed by atoms with van der Waals surface area (Å²) in [5.74, 6) is -0.551. The molecular weight excluding hydrogens is 394 g/mol. The average Bonchev–Trinajstić information content (AvgIpc) is 2.63. The molecule has 0 aliphatic carbocycles. The van der Waals surface area contributed by atoms with Gasteiger partial charge in [-0.15, -0.1) is 0 Å². The first-order valence-corrected chi connectivity index (χ1v) is 10.5. The minimum Gasteiger partial charge on any atom is -0.464 e. The van der Waals surface area contributed by atoms with Gasteiger partial charge in [0.25, 0.3) is 5.91 Å². The Kier molecular flexibility index (Phi) is 12.0. The van der Waals surface area contributed by atoms with E-state index in [1.807, 2.05) is 12.1 Å². The van der Waals surface area contributed by atoms with Gasteiger partial charge in [-0.3, -0.25) is 9.59 Å². The Morgan fingerprint density at radius 1 is 0.962 bits per heavy atom. The van der Waals surface area contributed by atoms with E-state index in [-0.39, 0.29) is 18.4 Å². The molecule has 26 heavy (non-hydrogen) atoms. The maximum atomic E-state index is 12.3. The number of benzene rings is 1. The Balaban J connectivity index is 2.11. The minimum absolute atomic E-state index is 0.0302. The molecule has 1 aromatic rings. The summed E-state index contributed by atoms with van der Waals surface area (Å²) in [5.41, 5.74) is 0.543. The zero-order valence-electron chi connectivity index (χ0n) is 16.1. The highest BCUT2D eigenvalue weighted by Gasteiger charge is 2.17. The van der Waals surface area contributed by atoms with E-state index in [9.17, 15) is 9.59 Å². The van der Waals surface area contributed by atoms with Crippen LogP contribution in [0.2, 0.25) is 0 Å². The van der Waals surface area contributed by atoms with Crippen LogP contribution in [-0.2, 0) is 9.53 Å². The molecule has 0 atom stereocenters. The Bertz CT molecular complexity index is 548. The van der Waals surface area contributed by atoms with Gasteiger partial charge in [-0.05, 0) is 34.5 Å². The van der Waals surface area contributed by atoms with Gasteiger partial charge in [0.1, 0.15) is 6.54 Å². The van der Waals surface area contributed by atoms with Crippen LogP contribution >= 0.6 is 15.9 Å². The van der Waals surface area contributed by atoms with Crippen LogP contribution < -0.4 is 0 Å². The van der Waals surface area contributed by atoms with Gasteiger partial charge >= 0.3 is 5.97 Å². The number of carbonyl (C=O) groups is 2. The molecular formula is C21H32BrNO3. The fourth-order valence-corrected chi connectivity index (χ4v) is 3.20. The number of carbonyl (C=O) groups excluding carboxylic acids is 2. The van der Waals surface area contributed by atoms with Gasteiger partial charge < -0.3 is 9.64 Å². The summed E-state index contributed by atoms with van der Waals surface area (Å²) in [6.45, 7) is 2.64. The van der Waals surface area contributed by atoms with Crippen molar-refractivity contribution in [1.29, 1.82) is 0 Å². The summed E-state index contributed by atoms with van der Waals surface area (Å²) in [7, 11) is 1.61. The first kappa shape index (κ1) is 22.7. The van der Waals surface area contributed by atoms with Crippen molar-refractivity contribution in [3.8, 4) is 0 Å². The van der Waals surface area contributed by atoms with Crippen molar-refractivity contribution >= 4 is 27.8 Å². The van der Waals surface area contributed by atoms with Crippen LogP contribution in [0.15, 0.2) is 28.7 Å². The summed E-state index contributed by atoms with van der Waals surface area (Å²) in [6.07, 6.45) is 11.1. The highest BCUT2D eigenvalue weighted by Crippen LogP contribution is 2.17. The second-order valence-corrected chi connectivity index (χ2v) is 7.54. The van der Waals surface area contributed by atoms with Crippen molar-refractivity contribution in [2.75, 3.05) is 20.2 Å². The highest BCUT2D eigenvalue weighted by atomic mass is 79.9. The van der Waals surface area contributed by atoms with Gasteiger partial charge in [-0.2, -0.15) is 0 Å². The third-order valence-corrected chi connectivity index (χ3v) is 5.02. The fraction of sp³-hybridized carbons (Fsp3) is 0.619. The number of ether oxygens (including phenoxy) is 1. The lowest BCUT2D eigenvalue weighted by atomic mass is 10.1. The molecule has 0 aromatic heterocycles. The third-order valence-electron chi connectivity index (χ3n) is 4.33. The number of halogens is 1. The van der Waals surface area contributed by atoms with E-state index in [1.165, 1.54) is 49.8 Å². The van der Waals surface area contributed by atoms with E-state index in [2.05, 4.69) is 22.9 Å². The molecule has 0 spiro atoms. The molecule has 1 aromatic carbocycles. The lowest BCUT2D eigenvalue weighted by Crippen LogP contribution is -2.33. The number of rotatable bonds is 13. The molecule has 146 valence electrons. The highest BCUT2D eigenvalue weighted by molar-refractivity contribution is 9.10. The molecule has 0 saturated heterocycles. The topological polar surface area (TPSA) is 46.6 Å². The normalized spacial score (nSPS) is 10.6. The summed E-state index contributed by atoms with van der Waals surface area (Å²) < 4.78 is 5.97. The number of amides is 1. The smallest absolute Gasteiger partial charge is 0.325 e. The average molecular weight is 426 g/mol. The minimum atomic E-state index is -0.354. The molecule has 0 radical (unpaired) electrons. The number of hydrogen-bond acceptors (Lipinski definition) is 3.